The normalized spacial score (nSPS) is 16.0. The van der Waals surface area contributed by atoms with Crippen LogP contribution in [0.2, 0.25) is 0 Å². The fourth-order valence-corrected chi connectivity index (χ4v) is 4.14. The third kappa shape index (κ3) is 5.35. The summed E-state index contributed by atoms with van der Waals surface area (Å²) in [5, 5.41) is 23.7. The predicted octanol–water partition coefficient (Wildman–Crippen LogP) is 3.26. The summed E-state index contributed by atoms with van der Waals surface area (Å²) in [7, 11) is 0. The fraction of sp³-hybridized carbons (Fsp3) is 0.474. The maximum absolute atomic E-state index is 10.7. The van der Waals surface area contributed by atoms with E-state index in [1.807, 2.05) is 0 Å². The van der Waals surface area contributed by atoms with Crippen molar-refractivity contribution >= 4 is 17.0 Å². The molecule has 1 fully saturated rings. The maximum Gasteiger partial charge on any atom is 0.269 e. The number of aliphatic hydroxyl groups excluding tert-OH is 1. The van der Waals surface area contributed by atoms with Gasteiger partial charge in [-0.2, -0.15) is 0 Å². The van der Waals surface area contributed by atoms with Crippen LogP contribution in [-0.2, 0) is 6.54 Å². The van der Waals surface area contributed by atoms with Crippen LogP contribution >= 0.6 is 11.3 Å². The van der Waals surface area contributed by atoms with Crippen LogP contribution in [0.4, 0.5) is 5.69 Å². The van der Waals surface area contributed by atoms with Gasteiger partial charge in [0.1, 0.15) is 0 Å². The summed E-state index contributed by atoms with van der Waals surface area (Å²) >= 11 is 1.72. The molecule has 1 aromatic heterocycles. The Bertz CT molecular complexity index is 709. The smallest absolute Gasteiger partial charge is 0.269 e. The zero-order chi connectivity index (χ0) is 18.4. The Morgan fingerprint density at radius 3 is 2.62 bits per heavy atom. The highest BCUT2D eigenvalue weighted by Crippen LogP contribution is 2.29. The first-order chi connectivity index (χ1) is 12.6. The molecule has 0 unspecified atom stereocenters. The van der Waals surface area contributed by atoms with E-state index in [0.717, 1.165) is 62.4 Å². The Morgan fingerprint density at radius 2 is 1.92 bits per heavy atom. The minimum atomic E-state index is -0.375. The Morgan fingerprint density at radius 1 is 1.19 bits per heavy atom. The summed E-state index contributed by atoms with van der Waals surface area (Å²) in [6.07, 6.45) is 2.80. The van der Waals surface area contributed by atoms with Gasteiger partial charge in [0.15, 0.2) is 0 Å². The van der Waals surface area contributed by atoms with Gasteiger partial charge in [0.25, 0.3) is 5.69 Å². The van der Waals surface area contributed by atoms with Crippen molar-refractivity contribution in [2.45, 2.75) is 31.9 Å². The highest BCUT2D eigenvalue weighted by atomic mass is 32.1. The molecule has 0 radical (unpaired) electrons. The number of aliphatic hydroxyl groups is 1. The largest absolute Gasteiger partial charge is 0.393 e. The highest BCUT2D eigenvalue weighted by molar-refractivity contribution is 7.15. The Hall–Kier alpha value is -1.80. The molecule has 1 aromatic carbocycles. The number of nitrogens with one attached hydrogen (secondary N) is 1. The molecule has 1 aliphatic heterocycles. The number of rotatable bonds is 8. The quantitative estimate of drug-likeness (QED) is 0.421. The Kier molecular flexibility index (Phi) is 6.73. The van der Waals surface area contributed by atoms with Crippen molar-refractivity contribution in [3.05, 3.63) is 51.4 Å². The van der Waals surface area contributed by atoms with Gasteiger partial charge < -0.3 is 15.3 Å². The summed E-state index contributed by atoms with van der Waals surface area (Å²) in [5.74, 6) is 0. The minimum Gasteiger partial charge on any atom is -0.393 e. The summed E-state index contributed by atoms with van der Waals surface area (Å²) in [4.78, 5) is 15.2. The second kappa shape index (κ2) is 9.23. The average Bonchev–Trinajstić information content (AvgIpc) is 3.12. The van der Waals surface area contributed by atoms with Crippen LogP contribution in [0, 0.1) is 10.1 Å². The second-order valence-electron chi connectivity index (χ2n) is 6.67. The van der Waals surface area contributed by atoms with E-state index in [0.29, 0.717) is 0 Å². The van der Waals surface area contributed by atoms with E-state index in [-0.39, 0.29) is 16.7 Å². The SMILES string of the molecule is O=[N+]([O-])c1ccc(-c2ccc(CNCCCN3CCC(O)CC3)s2)cc1. The molecule has 0 amide bonds. The summed E-state index contributed by atoms with van der Waals surface area (Å²) in [5.41, 5.74) is 1.13. The number of nitrogens with zero attached hydrogens (tertiary/aromatic N) is 2. The van der Waals surface area contributed by atoms with E-state index in [1.165, 1.54) is 4.88 Å². The van der Waals surface area contributed by atoms with Gasteiger partial charge in [-0.05, 0) is 62.2 Å². The number of benzene rings is 1. The molecule has 7 heteroatoms. The summed E-state index contributed by atoms with van der Waals surface area (Å²) < 4.78 is 0. The molecule has 2 heterocycles. The molecule has 0 atom stereocenters. The maximum atomic E-state index is 10.7. The zero-order valence-electron chi connectivity index (χ0n) is 14.8. The van der Waals surface area contributed by atoms with Gasteiger partial charge in [0.2, 0.25) is 0 Å². The predicted molar refractivity (Wildman–Crippen MR) is 104 cm³/mol. The van der Waals surface area contributed by atoms with Gasteiger partial charge in [-0.15, -0.1) is 11.3 Å². The first-order valence-corrected chi connectivity index (χ1v) is 9.88. The lowest BCUT2D eigenvalue weighted by Gasteiger charge is -2.29. The van der Waals surface area contributed by atoms with Crippen LogP contribution in [0.5, 0.6) is 0 Å². The molecular weight excluding hydrogens is 350 g/mol. The number of non-ortho nitro benzene ring substituents is 1. The fourth-order valence-electron chi connectivity index (χ4n) is 3.16. The van der Waals surface area contributed by atoms with Crippen LogP contribution < -0.4 is 5.32 Å². The van der Waals surface area contributed by atoms with Crippen molar-refractivity contribution in [1.82, 2.24) is 10.2 Å². The van der Waals surface area contributed by atoms with Gasteiger partial charge in [0, 0.05) is 41.5 Å². The topological polar surface area (TPSA) is 78.6 Å². The van der Waals surface area contributed by atoms with Gasteiger partial charge in [-0.3, -0.25) is 10.1 Å². The van der Waals surface area contributed by atoms with Crippen LogP contribution in [-0.4, -0.2) is 47.2 Å². The Balaban J connectivity index is 1.39. The van der Waals surface area contributed by atoms with Crippen molar-refractivity contribution in [1.29, 1.82) is 0 Å². The molecule has 1 aliphatic rings. The zero-order valence-corrected chi connectivity index (χ0v) is 15.6. The number of nitro groups is 1. The van der Waals surface area contributed by atoms with Gasteiger partial charge in [-0.1, -0.05) is 0 Å². The summed E-state index contributed by atoms with van der Waals surface area (Å²) in [6.45, 7) is 4.91. The molecule has 26 heavy (non-hydrogen) atoms. The molecule has 3 rings (SSSR count). The van der Waals surface area contributed by atoms with E-state index in [4.69, 9.17) is 0 Å². The molecule has 0 saturated carbocycles. The monoisotopic (exact) mass is 375 g/mol. The molecule has 0 bridgehead atoms. The molecule has 6 nitrogen and oxygen atoms in total. The van der Waals surface area contributed by atoms with E-state index >= 15 is 0 Å². The molecular formula is C19H25N3O3S. The molecule has 0 spiro atoms. The van der Waals surface area contributed by atoms with Gasteiger partial charge >= 0.3 is 0 Å². The lowest BCUT2D eigenvalue weighted by Crippen LogP contribution is -2.37. The number of thiophene rings is 1. The van der Waals surface area contributed by atoms with Crippen molar-refractivity contribution in [3.8, 4) is 10.4 Å². The van der Waals surface area contributed by atoms with E-state index in [9.17, 15) is 15.2 Å². The number of likely N-dealkylation sites (tertiary alicyclic amines) is 1. The van der Waals surface area contributed by atoms with Crippen LogP contribution in [0.3, 0.4) is 0 Å². The van der Waals surface area contributed by atoms with Crippen molar-refractivity contribution < 1.29 is 10.0 Å². The summed E-state index contributed by atoms with van der Waals surface area (Å²) in [6, 6.07) is 10.9. The first-order valence-electron chi connectivity index (χ1n) is 9.06. The van der Waals surface area contributed by atoms with Crippen LogP contribution in [0.25, 0.3) is 10.4 Å². The molecule has 2 N–H and O–H groups in total. The third-order valence-corrected chi connectivity index (χ3v) is 5.84. The van der Waals surface area contributed by atoms with Gasteiger partial charge in [-0.25, -0.2) is 0 Å². The van der Waals surface area contributed by atoms with Crippen molar-refractivity contribution in [3.63, 3.8) is 0 Å². The lowest BCUT2D eigenvalue weighted by molar-refractivity contribution is -0.384. The van der Waals surface area contributed by atoms with Crippen LogP contribution in [0.15, 0.2) is 36.4 Å². The molecule has 140 valence electrons. The van der Waals surface area contributed by atoms with Crippen LogP contribution in [0.1, 0.15) is 24.1 Å². The van der Waals surface area contributed by atoms with Crippen molar-refractivity contribution in [2.24, 2.45) is 0 Å². The number of nitro benzene ring substituents is 1. The number of piperidine rings is 1. The molecule has 0 aliphatic carbocycles. The first kappa shape index (κ1) is 19.0. The molecule has 1 saturated heterocycles. The van der Waals surface area contributed by atoms with Crippen molar-refractivity contribution in [2.75, 3.05) is 26.2 Å². The van der Waals surface area contributed by atoms with Gasteiger partial charge in [0.05, 0.1) is 11.0 Å². The Labute approximate surface area is 157 Å². The number of hydrogen-bond acceptors (Lipinski definition) is 6. The lowest BCUT2D eigenvalue weighted by atomic mass is 10.1. The standard InChI is InChI=1S/C19H25N3O3S/c23-17-8-12-21(13-9-17)11-1-10-20-14-18-6-7-19(26-18)15-2-4-16(5-3-15)22(24)25/h2-7,17,20,23H,1,8-14H2. The minimum absolute atomic E-state index is 0.104. The molecule has 2 aromatic rings. The van der Waals surface area contributed by atoms with E-state index in [2.05, 4.69) is 22.3 Å². The third-order valence-electron chi connectivity index (χ3n) is 4.71. The van der Waals surface area contributed by atoms with E-state index in [1.54, 1.807) is 35.6 Å². The second-order valence-corrected chi connectivity index (χ2v) is 7.84. The van der Waals surface area contributed by atoms with E-state index < -0.39 is 0 Å². The number of hydrogen-bond donors (Lipinski definition) is 2. The average molecular weight is 375 g/mol. The highest BCUT2D eigenvalue weighted by Gasteiger charge is 2.15.